The van der Waals surface area contributed by atoms with Gasteiger partial charge in [-0.2, -0.15) is 0 Å². The van der Waals surface area contributed by atoms with Gasteiger partial charge in [-0.05, 0) is 51.9 Å². The van der Waals surface area contributed by atoms with E-state index in [4.69, 9.17) is 18.0 Å². The molecule has 0 saturated carbocycles. The first-order chi connectivity index (χ1) is 8.93. The van der Waals surface area contributed by atoms with Crippen LogP contribution in [0.25, 0.3) is 0 Å². The van der Waals surface area contributed by atoms with Crippen LogP contribution in [-0.4, -0.2) is 10.2 Å². The second-order valence-electron chi connectivity index (χ2n) is 7.26. The summed E-state index contributed by atoms with van der Waals surface area (Å²) in [5, 5.41) is 13.8. The number of benzene rings is 1. The van der Waals surface area contributed by atoms with Crippen molar-refractivity contribution in [3.8, 4) is 5.75 Å². The van der Waals surface area contributed by atoms with Crippen LogP contribution >= 0.6 is 12.2 Å². The van der Waals surface area contributed by atoms with Crippen molar-refractivity contribution in [2.24, 2.45) is 5.73 Å². The van der Waals surface area contributed by atoms with Gasteiger partial charge < -0.3 is 16.2 Å². The lowest BCUT2D eigenvalue weighted by Gasteiger charge is -2.28. The Balaban J connectivity index is 3.38. The first kappa shape index (κ1) is 16.8. The highest BCUT2D eigenvalue weighted by molar-refractivity contribution is 7.80. The Labute approximate surface area is 127 Å². The lowest BCUT2D eigenvalue weighted by Crippen LogP contribution is -2.28. The summed E-state index contributed by atoms with van der Waals surface area (Å²) < 4.78 is 0. The van der Waals surface area contributed by atoms with E-state index in [1.807, 2.05) is 12.1 Å². The number of phenolic OH excluding ortho intramolecular Hbond substituents is 1. The van der Waals surface area contributed by atoms with E-state index in [0.717, 1.165) is 16.7 Å². The number of hydrogen-bond donors (Lipinski definition) is 3. The summed E-state index contributed by atoms with van der Waals surface area (Å²) in [5.41, 5.74) is 8.22. The Bertz CT molecular complexity index is 475. The van der Waals surface area contributed by atoms with Crippen molar-refractivity contribution in [2.75, 3.05) is 0 Å². The maximum atomic E-state index is 10.6. The quantitative estimate of drug-likeness (QED) is 0.732. The summed E-state index contributed by atoms with van der Waals surface area (Å²) >= 11 is 4.85. The van der Waals surface area contributed by atoms with Crippen LogP contribution in [-0.2, 0) is 17.4 Å². The maximum absolute atomic E-state index is 10.6. The molecule has 0 heterocycles. The summed E-state index contributed by atoms with van der Waals surface area (Å²) in [4.78, 5) is 0. The summed E-state index contributed by atoms with van der Waals surface area (Å²) in [6.45, 7) is 13.2. The Morgan fingerprint density at radius 2 is 1.50 bits per heavy atom. The van der Waals surface area contributed by atoms with E-state index in [1.165, 1.54) is 0 Å². The number of rotatable bonds is 2. The fourth-order valence-corrected chi connectivity index (χ4v) is 2.20. The number of nitrogens with one attached hydrogen (secondary N) is 1. The second kappa shape index (κ2) is 5.60. The Morgan fingerprint density at radius 3 is 1.80 bits per heavy atom. The zero-order valence-electron chi connectivity index (χ0n) is 13.3. The summed E-state index contributed by atoms with van der Waals surface area (Å²) in [5.74, 6) is 0.393. The molecule has 1 rings (SSSR count). The molecule has 1 aromatic rings. The highest BCUT2D eigenvalue weighted by atomic mass is 32.1. The molecular formula is C16H26N2OS. The molecule has 0 unspecified atom stereocenters. The minimum Gasteiger partial charge on any atom is -0.507 e. The van der Waals surface area contributed by atoms with E-state index in [-0.39, 0.29) is 15.9 Å². The van der Waals surface area contributed by atoms with Gasteiger partial charge in [0.2, 0.25) is 0 Å². The molecule has 0 aliphatic carbocycles. The van der Waals surface area contributed by atoms with Crippen LogP contribution in [0.1, 0.15) is 58.2 Å². The van der Waals surface area contributed by atoms with Crippen molar-refractivity contribution < 1.29 is 5.11 Å². The van der Waals surface area contributed by atoms with E-state index in [9.17, 15) is 5.11 Å². The zero-order valence-corrected chi connectivity index (χ0v) is 14.1. The van der Waals surface area contributed by atoms with Gasteiger partial charge >= 0.3 is 0 Å². The lowest BCUT2D eigenvalue weighted by molar-refractivity contribution is 0.422. The van der Waals surface area contributed by atoms with Gasteiger partial charge in [-0.1, -0.05) is 41.5 Å². The molecule has 0 fully saturated rings. The summed E-state index contributed by atoms with van der Waals surface area (Å²) in [6, 6.07) is 4.05. The average molecular weight is 294 g/mol. The van der Waals surface area contributed by atoms with Gasteiger partial charge in [-0.3, -0.25) is 0 Å². The molecule has 0 atom stereocenters. The molecule has 0 aliphatic heterocycles. The minimum absolute atomic E-state index is 0.122. The fraction of sp³-hybridized carbons (Fsp3) is 0.562. The minimum atomic E-state index is -0.122. The molecule has 0 saturated heterocycles. The van der Waals surface area contributed by atoms with Gasteiger partial charge in [0.25, 0.3) is 0 Å². The topological polar surface area (TPSA) is 58.3 Å². The third-order valence-electron chi connectivity index (χ3n) is 3.25. The van der Waals surface area contributed by atoms with Gasteiger partial charge in [0.15, 0.2) is 5.11 Å². The molecule has 4 heteroatoms. The smallest absolute Gasteiger partial charge is 0.163 e. The maximum Gasteiger partial charge on any atom is 0.163 e. The van der Waals surface area contributed by atoms with E-state index in [0.29, 0.717) is 12.3 Å². The largest absolute Gasteiger partial charge is 0.507 e. The molecule has 0 aromatic heterocycles. The predicted molar refractivity (Wildman–Crippen MR) is 89.1 cm³/mol. The number of nitrogens with two attached hydrogens (primary N) is 1. The van der Waals surface area contributed by atoms with Gasteiger partial charge in [-0.15, -0.1) is 0 Å². The van der Waals surface area contributed by atoms with Crippen molar-refractivity contribution in [2.45, 2.75) is 58.9 Å². The fourth-order valence-electron chi connectivity index (χ4n) is 2.13. The third-order valence-corrected chi connectivity index (χ3v) is 3.40. The van der Waals surface area contributed by atoms with E-state index in [1.54, 1.807) is 0 Å². The number of thiocarbonyl (C=S) groups is 1. The van der Waals surface area contributed by atoms with Crippen LogP contribution in [0.3, 0.4) is 0 Å². The van der Waals surface area contributed by atoms with Gasteiger partial charge in [-0.25, -0.2) is 0 Å². The first-order valence-corrected chi connectivity index (χ1v) is 7.24. The Morgan fingerprint density at radius 1 is 1.10 bits per heavy atom. The molecule has 0 amide bonds. The molecule has 0 aliphatic rings. The monoisotopic (exact) mass is 294 g/mol. The van der Waals surface area contributed by atoms with E-state index < -0.39 is 0 Å². The molecule has 4 N–H and O–H groups in total. The van der Waals surface area contributed by atoms with E-state index in [2.05, 4.69) is 46.9 Å². The van der Waals surface area contributed by atoms with Crippen LogP contribution in [0.15, 0.2) is 12.1 Å². The predicted octanol–water partition coefficient (Wildman–Crippen LogP) is 3.32. The molecule has 0 radical (unpaired) electrons. The van der Waals surface area contributed by atoms with E-state index >= 15 is 0 Å². The van der Waals surface area contributed by atoms with Crippen LogP contribution < -0.4 is 11.1 Å². The standard InChI is InChI=1S/C16H26N2OS/c1-15(2,3)11-7-10(9-18-14(17)20)8-12(13(11)19)16(4,5)6/h7-8,19H,9H2,1-6H3,(H3,17,18,20). The SMILES string of the molecule is CC(C)(C)c1cc(CNC(N)=S)cc(C(C)(C)C)c1O. The first-order valence-electron chi connectivity index (χ1n) is 6.83. The molecule has 20 heavy (non-hydrogen) atoms. The van der Waals surface area contributed by atoms with Crippen molar-refractivity contribution in [1.29, 1.82) is 0 Å². The number of phenols is 1. The molecule has 112 valence electrons. The van der Waals surface area contributed by atoms with Crippen LogP contribution in [0.4, 0.5) is 0 Å². The normalized spacial score (nSPS) is 12.3. The van der Waals surface area contributed by atoms with Gasteiger partial charge in [0.1, 0.15) is 5.75 Å². The second-order valence-corrected chi connectivity index (χ2v) is 7.70. The van der Waals surface area contributed by atoms with Crippen molar-refractivity contribution in [3.05, 3.63) is 28.8 Å². The lowest BCUT2D eigenvalue weighted by atomic mass is 9.78. The van der Waals surface area contributed by atoms with Crippen LogP contribution in [0.5, 0.6) is 5.75 Å². The van der Waals surface area contributed by atoms with Crippen molar-refractivity contribution in [1.82, 2.24) is 5.32 Å². The number of hydrogen-bond acceptors (Lipinski definition) is 2. The highest BCUT2D eigenvalue weighted by Gasteiger charge is 2.26. The molecular weight excluding hydrogens is 268 g/mol. The highest BCUT2D eigenvalue weighted by Crippen LogP contribution is 2.39. The van der Waals surface area contributed by atoms with Crippen LogP contribution in [0.2, 0.25) is 0 Å². The summed E-state index contributed by atoms with van der Waals surface area (Å²) in [6.07, 6.45) is 0. The average Bonchev–Trinajstić information content (AvgIpc) is 2.24. The molecule has 1 aromatic carbocycles. The van der Waals surface area contributed by atoms with Crippen molar-refractivity contribution in [3.63, 3.8) is 0 Å². The molecule has 0 spiro atoms. The summed E-state index contributed by atoms with van der Waals surface area (Å²) in [7, 11) is 0. The third kappa shape index (κ3) is 4.10. The number of aromatic hydroxyl groups is 1. The Hall–Kier alpha value is -1.29. The molecule has 3 nitrogen and oxygen atoms in total. The zero-order chi connectivity index (χ0) is 15.7. The van der Waals surface area contributed by atoms with Gasteiger partial charge in [0.05, 0.1) is 0 Å². The Kier molecular flexibility index (Phi) is 4.70. The van der Waals surface area contributed by atoms with Crippen molar-refractivity contribution >= 4 is 17.3 Å². The molecule has 0 bridgehead atoms. The van der Waals surface area contributed by atoms with Gasteiger partial charge in [0, 0.05) is 6.54 Å². The van der Waals surface area contributed by atoms with Crippen LogP contribution in [0, 0.1) is 0 Å².